The highest BCUT2D eigenvalue weighted by molar-refractivity contribution is 9.08. The summed E-state index contributed by atoms with van der Waals surface area (Å²) in [6, 6.07) is 48.6. The molecule has 0 saturated heterocycles. The second kappa shape index (κ2) is 33.2. The molecule has 0 aromatic heterocycles. The number of aliphatic carboxylic acids is 1. The van der Waals surface area contributed by atoms with E-state index in [-0.39, 0.29) is 18.6 Å². The van der Waals surface area contributed by atoms with Gasteiger partial charge in [0, 0.05) is 18.2 Å². The Hall–Kier alpha value is -7.89. The number of rotatable bonds is 18. The molecule has 0 saturated carbocycles. The van der Waals surface area contributed by atoms with Gasteiger partial charge in [0.05, 0.1) is 14.2 Å². The molecule has 0 radical (unpaired) electrons. The molecule has 0 aliphatic heterocycles. The number of carbonyl (C=O) groups is 5. The van der Waals surface area contributed by atoms with Gasteiger partial charge in [-0.2, -0.15) is 0 Å². The first-order chi connectivity index (χ1) is 36.6. The molecule has 0 aliphatic rings. The number of hydrogen-bond donors (Lipinski definition) is 5. The zero-order valence-corrected chi connectivity index (χ0v) is 46.5. The maximum Gasteiger partial charge on any atom is 0.408 e. The first-order valence-corrected chi connectivity index (χ1v) is 25.7. The summed E-state index contributed by atoms with van der Waals surface area (Å²) in [6.07, 6.45) is -0.506. The van der Waals surface area contributed by atoms with Crippen LogP contribution in [0.4, 0.5) is 9.59 Å². The smallest absolute Gasteiger partial charge is 0.408 e. The van der Waals surface area contributed by atoms with Crippen molar-refractivity contribution in [2.45, 2.75) is 109 Å². The molecule has 6 rings (SSSR count). The average molecular weight is 1120 g/mol. The molecule has 17 heteroatoms. The minimum absolute atomic E-state index is 0.133. The van der Waals surface area contributed by atoms with Gasteiger partial charge in [0.1, 0.15) is 59.8 Å². The fourth-order valence-electron chi connectivity index (χ4n) is 6.51. The van der Waals surface area contributed by atoms with E-state index in [9.17, 15) is 29.1 Å². The number of halogens is 1. The van der Waals surface area contributed by atoms with E-state index in [1.54, 1.807) is 53.7 Å². The summed E-state index contributed by atoms with van der Waals surface area (Å²) in [5.41, 5.74) is 10.2. The van der Waals surface area contributed by atoms with Gasteiger partial charge in [0.2, 0.25) is 0 Å². The SMILES string of the molecule is BrCc1ccccc1.COC(=O)[C@H](Cc1ccc(O)cc1)NC(=O)OC(C)(C)C.COC(=O)[C@H](Cc1ccc(OCc2ccccc2)cc1)NC(=O)OC(C)(C)C.N[C@@H](Cc1ccc(OCc2ccccc2)cc1)C(=O)O. The van der Waals surface area contributed by atoms with Gasteiger partial charge in [-0.05, 0) is 118 Å². The zero-order valence-electron chi connectivity index (χ0n) is 44.9. The lowest BCUT2D eigenvalue weighted by atomic mass is 10.1. The van der Waals surface area contributed by atoms with Crippen LogP contribution >= 0.6 is 15.9 Å². The maximum absolute atomic E-state index is 12.0. The van der Waals surface area contributed by atoms with E-state index in [1.807, 2.05) is 127 Å². The third kappa shape index (κ3) is 27.5. The molecule has 3 atom stereocenters. The quantitative estimate of drug-likeness (QED) is 0.0306. The molecule has 0 heterocycles. The van der Waals surface area contributed by atoms with Crippen LogP contribution in [0.25, 0.3) is 0 Å². The summed E-state index contributed by atoms with van der Waals surface area (Å²) in [5, 5.41) is 24.0. The Bertz CT molecular complexity index is 2660. The summed E-state index contributed by atoms with van der Waals surface area (Å²) in [4.78, 5) is 58.2. The number of phenolic OH excluding ortho intramolecular Hbond substituents is 1. The van der Waals surface area contributed by atoms with Crippen LogP contribution < -0.4 is 25.8 Å². The van der Waals surface area contributed by atoms with Crippen molar-refractivity contribution in [3.63, 3.8) is 0 Å². The van der Waals surface area contributed by atoms with E-state index in [0.29, 0.717) is 19.6 Å². The van der Waals surface area contributed by atoms with Crippen LogP contribution in [0.3, 0.4) is 0 Å². The first kappa shape index (κ1) is 63.4. The van der Waals surface area contributed by atoms with E-state index >= 15 is 0 Å². The first-order valence-electron chi connectivity index (χ1n) is 24.6. The van der Waals surface area contributed by atoms with Crippen molar-refractivity contribution in [2.75, 3.05) is 14.2 Å². The van der Waals surface area contributed by atoms with Crippen LogP contribution in [0.2, 0.25) is 0 Å². The van der Waals surface area contributed by atoms with Crippen molar-refractivity contribution >= 4 is 46.0 Å². The minimum atomic E-state index is -0.991. The van der Waals surface area contributed by atoms with Crippen molar-refractivity contribution in [2.24, 2.45) is 5.73 Å². The van der Waals surface area contributed by atoms with Crippen LogP contribution in [0.15, 0.2) is 164 Å². The van der Waals surface area contributed by atoms with Gasteiger partial charge < -0.3 is 55.0 Å². The summed E-state index contributed by atoms with van der Waals surface area (Å²) in [6.45, 7) is 11.5. The molecular weight excluding hydrogens is 1050 g/mol. The number of carboxylic acids is 1. The second-order valence-electron chi connectivity index (χ2n) is 19.1. The standard InChI is InChI=1S/C22H27NO5.C16H17NO3.C15H21NO5.C7H7Br/c1-22(2,3)28-21(25)23-19(20(24)26-4)14-16-10-12-18(13-11-16)27-15-17-8-6-5-7-9-17;17-15(16(18)19)10-12-6-8-14(9-7-12)20-11-13-4-2-1-3-5-13;1-15(2,3)21-14(19)16-12(13(18)20-4)9-10-5-7-11(17)8-6-10;8-6-7-4-2-1-3-5-7/h5-13,19H,14-15H2,1-4H3,(H,23,25);1-9,15H,10-11,17H2,(H,18,19);5-8,12,17H,9H2,1-4H3,(H,16,19);1-5H,6H2/t19-;15-;12-;/m000./s1. The van der Waals surface area contributed by atoms with Gasteiger partial charge in [-0.3, -0.25) is 4.79 Å². The molecule has 0 unspecified atom stereocenters. The number of amides is 2. The van der Waals surface area contributed by atoms with Crippen molar-refractivity contribution in [1.82, 2.24) is 10.6 Å². The van der Waals surface area contributed by atoms with Gasteiger partial charge in [-0.1, -0.05) is 143 Å². The largest absolute Gasteiger partial charge is 0.508 e. The van der Waals surface area contributed by atoms with Crippen LogP contribution in [0.1, 0.15) is 74.9 Å². The van der Waals surface area contributed by atoms with Crippen LogP contribution in [-0.4, -0.2) is 83.9 Å². The Kier molecular flexibility index (Phi) is 27.3. The van der Waals surface area contributed by atoms with Crippen LogP contribution in [-0.2, 0) is 71.1 Å². The third-order valence-corrected chi connectivity index (χ3v) is 10.9. The van der Waals surface area contributed by atoms with Crippen molar-refractivity contribution < 1.29 is 62.6 Å². The number of benzene rings is 6. The topological polar surface area (TPSA) is 231 Å². The Morgan fingerprint density at radius 2 is 0.818 bits per heavy atom. The predicted octanol–water partition coefficient (Wildman–Crippen LogP) is 10.7. The maximum atomic E-state index is 12.0. The van der Waals surface area contributed by atoms with E-state index in [0.717, 1.165) is 44.6 Å². The molecule has 0 aliphatic carbocycles. The highest BCUT2D eigenvalue weighted by atomic mass is 79.9. The molecule has 16 nitrogen and oxygen atoms in total. The summed E-state index contributed by atoms with van der Waals surface area (Å²) < 4.78 is 31.2. The van der Waals surface area contributed by atoms with E-state index in [4.69, 9.17) is 34.5 Å². The van der Waals surface area contributed by atoms with E-state index in [2.05, 4.69) is 43.4 Å². The summed E-state index contributed by atoms with van der Waals surface area (Å²) in [7, 11) is 2.54. The Morgan fingerprint density at radius 1 is 0.494 bits per heavy atom. The molecular formula is C60H72BrN3O13. The fraction of sp³-hybridized carbons (Fsp3) is 0.317. The highest BCUT2D eigenvalue weighted by Gasteiger charge is 2.27. The zero-order chi connectivity index (χ0) is 56.8. The molecule has 2 amide bonds. The van der Waals surface area contributed by atoms with Crippen LogP contribution in [0, 0.1) is 0 Å². The number of alkyl carbamates (subject to hydrolysis) is 2. The number of aromatic hydroxyl groups is 1. The third-order valence-electron chi connectivity index (χ3n) is 10.3. The van der Waals surface area contributed by atoms with Gasteiger partial charge in [0.15, 0.2) is 0 Å². The number of ether oxygens (including phenoxy) is 6. The van der Waals surface area contributed by atoms with E-state index in [1.165, 1.54) is 31.9 Å². The lowest BCUT2D eigenvalue weighted by Gasteiger charge is -2.22. The van der Waals surface area contributed by atoms with Gasteiger partial charge in [0.25, 0.3) is 0 Å². The summed E-state index contributed by atoms with van der Waals surface area (Å²) in [5.74, 6) is -0.476. The minimum Gasteiger partial charge on any atom is -0.508 e. The second-order valence-corrected chi connectivity index (χ2v) is 19.7. The Balaban J connectivity index is 0.000000287. The molecule has 6 N–H and O–H groups in total. The number of carbonyl (C=O) groups excluding carboxylic acids is 4. The fourth-order valence-corrected chi connectivity index (χ4v) is 6.88. The van der Waals surface area contributed by atoms with Crippen molar-refractivity contribution in [3.05, 3.63) is 197 Å². The number of carboxylic acid groups (broad SMARTS) is 1. The van der Waals surface area contributed by atoms with Crippen molar-refractivity contribution in [1.29, 1.82) is 0 Å². The molecule has 412 valence electrons. The van der Waals surface area contributed by atoms with Crippen LogP contribution in [0.5, 0.6) is 17.2 Å². The number of nitrogens with one attached hydrogen (secondary N) is 2. The summed E-state index contributed by atoms with van der Waals surface area (Å²) >= 11 is 3.36. The number of nitrogens with two attached hydrogens (primary N) is 1. The van der Waals surface area contributed by atoms with Crippen molar-refractivity contribution in [3.8, 4) is 17.2 Å². The average Bonchev–Trinajstić information content (AvgIpc) is 3.40. The molecule has 6 aromatic rings. The molecule has 77 heavy (non-hydrogen) atoms. The lowest BCUT2D eigenvalue weighted by Crippen LogP contribution is -2.45. The van der Waals surface area contributed by atoms with Gasteiger partial charge in [-0.25, -0.2) is 19.2 Å². The monoisotopic (exact) mass is 1120 g/mol. The highest BCUT2D eigenvalue weighted by Crippen LogP contribution is 2.18. The van der Waals surface area contributed by atoms with Gasteiger partial charge in [-0.15, -0.1) is 0 Å². The number of hydrogen-bond acceptors (Lipinski definition) is 13. The molecule has 0 bridgehead atoms. The normalized spacial score (nSPS) is 11.8. The Morgan fingerprint density at radius 3 is 1.12 bits per heavy atom. The number of esters is 2. The lowest BCUT2D eigenvalue weighted by molar-refractivity contribution is -0.143. The number of phenols is 1. The number of alkyl halides is 1. The van der Waals surface area contributed by atoms with E-state index < -0.39 is 59.4 Å². The van der Waals surface area contributed by atoms with Gasteiger partial charge >= 0.3 is 30.1 Å². The number of methoxy groups -OCH3 is 2. The molecule has 6 aromatic carbocycles. The molecule has 0 fully saturated rings. The Labute approximate surface area is 460 Å². The predicted molar refractivity (Wildman–Crippen MR) is 299 cm³/mol. The molecule has 0 spiro atoms.